The fourth-order valence-corrected chi connectivity index (χ4v) is 10.5. The van der Waals surface area contributed by atoms with Gasteiger partial charge in [0.05, 0.1) is 56.9 Å². The summed E-state index contributed by atoms with van der Waals surface area (Å²) >= 11 is 0.389. The van der Waals surface area contributed by atoms with E-state index in [4.69, 9.17) is 70.3 Å². The van der Waals surface area contributed by atoms with E-state index in [1.54, 1.807) is 0 Å². The largest absolute Gasteiger partial charge is 2.00 e. The molecule has 308 valence electrons. The molecular weight excluding hydrogens is 906 g/mol. The molecule has 0 spiro atoms. The predicted octanol–water partition coefficient (Wildman–Crippen LogP) is 13.5. The topological polar surface area (TPSA) is 106 Å². The Bertz CT molecular complexity index is 2320. The molecular formula is C46H44Cl4Fe2N6O. The van der Waals surface area contributed by atoms with Gasteiger partial charge in [0.25, 0.3) is 0 Å². The van der Waals surface area contributed by atoms with Crippen LogP contribution in [0.2, 0.25) is 0 Å². The van der Waals surface area contributed by atoms with Crippen LogP contribution in [0, 0.1) is 22.7 Å². The van der Waals surface area contributed by atoms with Crippen molar-refractivity contribution in [2.45, 2.75) is 78.1 Å². The number of hydrogen-bond acceptors (Lipinski definition) is 6. The average Bonchev–Trinajstić information content (AvgIpc) is 3.24. The van der Waals surface area contributed by atoms with E-state index in [9.17, 15) is 0 Å². The fourth-order valence-electron chi connectivity index (χ4n) is 10.5. The minimum absolute atomic E-state index is 0. The molecule has 0 N–H and O–H groups in total. The van der Waals surface area contributed by atoms with Crippen molar-refractivity contribution in [3.05, 3.63) is 120 Å². The van der Waals surface area contributed by atoms with Gasteiger partial charge in [-0.3, -0.25) is 9.97 Å². The SMILES string of the molecule is C[C@@H]1c2nc(-c3cccc(-c4cccc(-c5cccc(-c6cccc(-c7ccc8c(n7)[C@@H](C)[C@H]7C[C@@H]8C7(C)C)n6)n5)n4)n3)ccc2[C@@H]2C[C@H]1C2(C)C.[Cl][Fe+][Cl].[Cl][Fe+][Cl].[O-2]. The van der Waals surface area contributed by atoms with Crippen LogP contribution in [0.5, 0.6) is 0 Å². The van der Waals surface area contributed by atoms with E-state index < -0.39 is 0 Å². The Labute approximate surface area is 376 Å². The molecule has 6 aromatic rings. The number of halogens is 4. The van der Waals surface area contributed by atoms with Gasteiger partial charge in [-0.15, -0.1) is 0 Å². The Hall–Kier alpha value is -2.94. The van der Waals surface area contributed by atoms with Gasteiger partial charge in [-0.1, -0.05) is 77.9 Å². The molecule has 2 saturated carbocycles. The molecule has 59 heavy (non-hydrogen) atoms. The van der Waals surface area contributed by atoms with E-state index in [0.29, 0.717) is 46.3 Å². The van der Waals surface area contributed by atoms with Gasteiger partial charge in [0.1, 0.15) is 0 Å². The summed E-state index contributed by atoms with van der Waals surface area (Å²) in [7, 11) is 19.1. The molecule has 13 heteroatoms. The second-order valence-electron chi connectivity index (χ2n) is 17.1. The summed E-state index contributed by atoms with van der Waals surface area (Å²) in [5, 5.41) is 0. The molecule has 0 aliphatic heterocycles. The van der Waals surface area contributed by atoms with Gasteiger partial charge < -0.3 is 5.48 Å². The Morgan fingerprint density at radius 3 is 0.898 bits per heavy atom. The Kier molecular flexibility index (Phi) is 13.3. The molecule has 6 heterocycles. The van der Waals surface area contributed by atoms with Crippen LogP contribution >= 0.6 is 40.4 Å². The van der Waals surface area contributed by atoms with Gasteiger partial charge in [0.2, 0.25) is 0 Å². The molecule has 12 rings (SSSR count). The molecule has 0 saturated heterocycles. The maximum absolute atomic E-state index is 5.20. The van der Waals surface area contributed by atoms with E-state index >= 15 is 0 Å². The number of nitrogens with zero attached hydrogens (tertiary/aromatic N) is 6. The zero-order valence-corrected chi connectivity index (χ0v) is 38.7. The zero-order chi connectivity index (χ0) is 40.9. The van der Waals surface area contributed by atoms with Crippen molar-refractivity contribution in [1.29, 1.82) is 0 Å². The van der Waals surface area contributed by atoms with Crippen molar-refractivity contribution in [3.63, 3.8) is 0 Å². The van der Waals surface area contributed by atoms with Crippen LogP contribution < -0.4 is 0 Å². The monoisotopic (exact) mass is 948 g/mol. The zero-order valence-electron chi connectivity index (χ0n) is 33.4. The Morgan fingerprint density at radius 2 is 0.661 bits per heavy atom. The van der Waals surface area contributed by atoms with Crippen molar-refractivity contribution >= 4 is 40.4 Å². The Balaban J connectivity index is 0.000000714. The van der Waals surface area contributed by atoms with Crippen molar-refractivity contribution in [2.75, 3.05) is 0 Å². The maximum Gasteiger partial charge on any atom is -2.00 e. The van der Waals surface area contributed by atoms with Gasteiger partial charge in [-0.25, -0.2) is 19.9 Å². The van der Waals surface area contributed by atoms with Crippen molar-refractivity contribution in [1.82, 2.24) is 29.9 Å². The maximum atomic E-state index is 5.20. The summed E-state index contributed by atoms with van der Waals surface area (Å²) in [5.74, 6) is 3.52. The molecule has 0 radical (unpaired) electrons. The molecule has 0 aromatic carbocycles. The van der Waals surface area contributed by atoms with Crippen molar-refractivity contribution in [2.24, 2.45) is 22.7 Å². The third kappa shape index (κ3) is 8.02. The summed E-state index contributed by atoms with van der Waals surface area (Å²) in [6.45, 7) is 14.4. The molecule has 6 aliphatic carbocycles. The van der Waals surface area contributed by atoms with Gasteiger partial charge in [0, 0.05) is 23.2 Å². The summed E-state index contributed by atoms with van der Waals surface area (Å²) in [4.78, 5) is 30.7. The summed E-state index contributed by atoms with van der Waals surface area (Å²) < 4.78 is 0. The first-order valence-corrected chi connectivity index (χ1v) is 25.6. The summed E-state index contributed by atoms with van der Waals surface area (Å²) in [6, 6.07) is 33.3. The number of hydrogen-bond donors (Lipinski definition) is 0. The number of pyridine rings is 6. The minimum atomic E-state index is 0. The second kappa shape index (κ2) is 17.8. The van der Waals surface area contributed by atoms with E-state index in [2.05, 4.69) is 90.1 Å². The van der Waals surface area contributed by atoms with Crippen molar-refractivity contribution < 1.29 is 31.7 Å². The first kappa shape index (κ1) is 44.1. The summed E-state index contributed by atoms with van der Waals surface area (Å²) in [6.07, 6.45) is 2.56. The molecule has 6 aromatic heterocycles. The minimum Gasteiger partial charge on any atom is -2.00 e. The van der Waals surface area contributed by atoms with Gasteiger partial charge >= 0.3 is 66.7 Å². The first-order valence-electron chi connectivity index (χ1n) is 19.5. The second-order valence-corrected chi connectivity index (χ2v) is 20.7. The normalized spacial score (nSPS) is 23.2. The van der Waals surface area contributed by atoms with E-state index in [1.807, 2.05) is 48.5 Å². The van der Waals surface area contributed by atoms with E-state index in [1.165, 1.54) is 35.4 Å². The van der Waals surface area contributed by atoms with Crippen LogP contribution in [0.1, 0.15) is 101 Å². The molecule has 4 bridgehead atoms. The predicted molar refractivity (Wildman–Crippen MR) is 231 cm³/mol. The average molecular weight is 950 g/mol. The molecule has 0 unspecified atom stereocenters. The van der Waals surface area contributed by atoms with Crippen LogP contribution in [-0.2, 0) is 31.7 Å². The van der Waals surface area contributed by atoms with Crippen LogP contribution in [0.15, 0.2) is 97.1 Å². The van der Waals surface area contributed by atoms with E-state index in [-0.39, 0.29) is 31.7 Å². The van der Waals surface area contributed by atoms with Crippen LogP contribution in [0.4, 0.5) is 0 Å². The number of rotatable bonds is 5. The third-order valence-corrected chi connectivity index (χ3v) is 13.7. The van der Waals surface area contributed by atoms with Gasteiger partial charge in [-0.2, -0.15) is 0 Å². The van der Waals surface area contributed by atoms with Crippen LogP contribution in [0.3, 0.4) is 0 Å². The van der Waals surface area contributed by atoms with Crippen LogP contribution in [0.25, 0.3) is 56.9 Å². The molecule has 6 atom stereocenters. The molecule has 7 nitrogen and oxygen atoms in total. The molecule has 6 aliphatic rings. The molecule has 2 fully saturated rings. The fraction of sp³-hybridized carbons (Fsp3) is 0.348. The molecule has 0 amide bonds. The van der Waals surface area contributed by atoms with Gasteiger partial charge in [0.15, 0.2) is 0 Å². The van der Waals surface area contributed by atoms with Gasteiger partial charge in [-0.05, 0) is 119 Å². The standard InChI is InChI=1S/C46H44N6.4ClH.2Fe.O/c1-25-29-23-31(45(29,3)4)27-19-21-41(51-43(25)27)39-17-9-15-37(49-39)35-13-7-11-33(47-35)34-12-8-14-36(48-34)38-16-10-18-40(50-38)42-22-20-28-32-24-30(46(32,5)6)26(2)44(28)52-42;;;;;;;/h7-22,25-26,29-32H,23-24H2,1-6H3;4*1H;;;/q;;;;;2*+3;-2/p-4/t25-,26-,29+,30+,31-,32-;;;;;;;/m0......./s1. The third-order valence-electron chi connectivity index (χ3n) is 13.7. The number of aromatic nitrogens is 6. The quantitative estimate of drug-likeness (QED) is 0.159. The van der Waals surface area contributed by atoms with Crippen LogP contribution in [-0.4, -0.2) is 29.9 Å². The van der Waals surface area contributed by atoms with Crippen molar-refractivity contribution in [3.8, 4) is 56.9 Å². The Morgan fingerprint density at radius 1 is 0.424 bits per heavy atom. The van der Waals surface area contributed by atoms with E-state index in [0.717, 1.165) is 56.9 Å². The first-order chi connectivity index (χ1) is 27.9. The smallest absolute Gasteiger partial charge is 2.00 e. The summed E-state index contributed by atoms with van der Waals surface area (Å²) in [5.41, 5.74) is 14.5.